The molecule has 1 atom stereocenters. The number of nitrogens with zero attached hydrogens (tertiary/aromatic N) is 1. The fourth-order valence-electron chi connectivity index (χ4n) is 3.26. The molecule has 1 unspecified atom stereocenters. The molecule has 0 spiro atoms. The summed E-state index contributed by atoms with van der Waals surface area (Å²) in [7, 11) is -4.00. The van der Waals surface area contributed by atoms with Crippen LogP contribution in [0.1, 0.15) is 37.5 Å². The van der Waals surface area contributed by atoms with Gasteiger partial charge in [-0.25, -0.2) is 8.42 Å². The molecular formula is C23H26N2O3S. The first-order chi connectivity index (χ1) is 13.5. The molecule has 3 aromatic rings. The van der Waals surface area contributed by atoms with Crippen molar-refractivity contribution in [2.24, 2.45) is 5.73 Å². The highest BCUT2D eigenvalue weighted by Gasteiger charge is 2.43. The summed E-state index contributed by atoms with van der Waals surface area (Å²) >= 11 is 0. The largest absolute Gasteiger partial charge is 0.508 e. The first-order valence-corrected chi connectivity index (χ1v) is 10.8. The quantitative estimate of drug-likeness (QED) is 0.665. The molecule has 6 heteroatoms. The van der Waals surface area contributed by atoms with Crippen LogP contribution in [0, 0.1) is 0 Å². The van der Waals surface area contributed by atoms with Gasteiger partial charge in [-0.15, -0.1) is 0 Å². The summed E-state index contributed by atoms with van der Waals surface area (Å²) in [6, 6.07) is 16.9. The van der Waals surface area contributed by atoms with Crippen molar-refractivity contribution in [3.8, 4) is 5.75 Å². The Kier molecular flexibility index (Phi) is 5.52. The van der Waals surface area contributed by atoms with Crippen molar-refractivity contribution in [3.63, 3.8) is 0 Å². The Balaban J connectivity index is 2.12. The molecule has 0 bridgehead atoms. The Labute approximate surface area is 172 Å². The minimum atomic E-state index is -4.00. The van der Waals surface area contributed by atoms with Crippen LogP contribution in [-0.2, 0) is 26.5 Å². The maximum absolute atomic E-state index is 13.5. The third kappa shape index (κ3) is 4.18. The van der Waals surface area contributed by atoms with Crippen LogP contribution in [0.15, 0.2) is 78.0 Å². The lowest BCUT2D eigenvalue weighted by Crippen LogP contribution is -2.46. The summed E-state index contributed by atoms with van der Waals surface area (Å²) in [6.07, 6.45) is 2.86. The van der Waals surface area contributed by atoms with Gasteiger partial charge in [0.1, 0.15) is 5.75 Å². The van der Waals surface area contributed by atoms with Gasteiger partial charge in [-0.05, 0) is 46.4 Å². The average molecular weight is 411 g/mol. The first-order valence-electron chi connectivity index (χ1n) is 9.36. The molecule has 2 aromatic carbocycles. The van der Waals surface area contributed by atoms with E-state index >= 15 is 0 Å². The number of nitrogens with two attached hydrogens (primary N) is 1. The van der Waals surface area contributed by atoms with Gasteiger partial charge in [0.25, 0.3) is 0 Å². The molecule has 0 amide bonds. The molecular weight excluding hydrogens is 384 g/mol. The van der Waals surface area contributed by atoms with E-state index in [1.165, 1.54) is 30.6 Å². The molecule has 0 saturated carbocycles. The number of benzene rings is 2. The number of aromatic hydroxyl groups is 1. The Bertz CT molecular complexity index is 1090. The van der Waals surface area contributed by atoms with Gasteiger partial charge in [0.05, 0.1) is 4.90 Å². The van der Waals surface area contributed by atoms with E-state index < -0.39 is 14.7 Å². The molecule has 0 fully saturated rings. The van der Waals surface area contributed by atoms with Crippen LogP contribution < -0.4 is 5.73 Å². The van der Waals surface area contributed by atoms with Crippen molar-refractivity contribution in [2.45, 2.75) is 42.4 Å². The molecule has 0 aliphatic heterocycles. The highest BCUT2D eigenvalue weighted by Crippen LogP contribution is 2.35. The van der Waals surface area contributed by atoms with E-state index in [2.05, 4.69) is 25.8 Å². The Morgan fingerprint density at radius 1 is 0.966 bits per heavy atom. The molecule has 29 heavy (non-hydrogen) atoms. The van der Waals surface area contributed by atoms with E-state index in [4.69, 9.17) is 5.73 Å². The van der Waals surface area contributed by atoms with Crippen molar-refractivity contribution in [1.82, 2.24) is 4.98 Å². The van der Waals surface area contributed by atoms with Crippen LogP contribution in [0.4, 0.5) is 0 Å². The summed E-state index contributed by atoms with van der Waals surface area (Å²) < 4.78 is 27.1. The Morgan fingerprint density at radius 3 is 2.21 bits per heavy atom. The van der Waals surface area contributed by atoms with Gasteiger partial charge in [-0.3, -0.25) is 4.98 Å². The van der Waals surface area contributed by atoms with Gasteiger partial charge < -0.3 is 10.8 Å². The highest BCUT2D eigenvalue weighted by atomic mass is 32.2. The second-order valence-corrected chi connectivity index (χ2v) is 10.5. The number of rotatable bonds is 5. The van der Waals surface area contributed by atoms with E-state index in [-0.39, 0.29) is 22.5 Å². The maximum Gasteiger partial charge on any atom is 0.203 e. The first kappa shape index (κ1) is 21.0. The minimum Gasteiger partial charge on any atom is -0.508 e. The molecule has 5 nitrogen and oxygen atoms in total. The van der Waals surface area contributed by atoms with Crippen molar-refractivity contribution >= 4 is 9.84 Å². The SMILES string of the molecule is CC(C)(C)c1ccc(CC(N)(c2cccc(O)c2)S(=O)(=O)c2cccnc2)cc1. The number of hydrogen-bond acceptors (Lipinski definition) is 5. The fraction of sp³-hybridized carbons (Fsp3) is 0.261. The molecule has 3 rings (SSSR count). The predicted molar refractivity (Wildman–Crippen MR) is 114 cm³/mol. The lowest BCUT2D eigenvalue weighted by Gasteiger charge is -2.30. The van der Waals surface area contributed by atoms with Crippen molar-refractivity contribution in [3.05, 3.63) is 89.7 Å². The lowest BCUT2D eigenvalue weighted by molar-refractivity contribution is 0.471. The van der Waals surface area contributed by atoms with E-state index in [0.717, 1.165) is 11.1 Å². The van der Waals surface area contributed by atoms with Crippen LogP contribution >= 0.6 is 0 Å². The number of pyridine rings is 1. The van der Waals surface area contributed by atoms with E-state index in [0.29, 0.717) is 5.56 Å². The smallest absolute Gasteiger partial charge is 0.203 e. The molecule has 152 valence electrons. The van der Waals surface area contributed by atoms with Crippen LogP contribution in [0.3, 0.4) is 0 Å². The highest BCUT2D eigenvalue weighted by molar-refractivity contribution is 7.92. The Morgan fingerprint density at radius 2 is 1.66 bits per heavy atom. The third-order valence-corrected chi connectivity index (χ3v) is 7.25. The van der Waals surface area contributed by atoms with Gasteiger partial charge in [0.15, 0.2) is 4.87 Å². The van der Waals surface area contributed by atoms with Gasteiger partial charge in [-0.2, -0.15) is 0 Å². The fourth-order valence-corrected chi connectivity index (χ4v) is 4.94. The van der Waals surface area contributed by atoms with Crippen molar-refractivity contribution in [1.29, 1.82) is 0 Å². The predicted octanol–water partition coefficient (Wildman–Crippen LogP) is 3.91. The van der Waals surface area contributed by atoms with Crippen LogP contribution in [0.5, 0.6) is 5.75 Å². The van der Waals surface area contributed by atoms with Gasteiger partial charge in [-0.1, -0.05) is 57.2 Å². The monoisotopic (exact) mass is 410 g/mol. The molecule has 0 saturated heterocycles. The Hall–Kier alpha value is -2.70. The molecule has 1 heterocycles. The number of aromatic nitrogens is 1. The third-order valence-electron chi connectivity index (χ3n) is 5.05. The van der Waals surface area contributed by atoms with Gasteiger partial charge in [0, 0.05) is 18.8 Å². The molecule has 0 aliphatic carbocycles. The summed E-state index contributed by atoms with van der Waals surface area (Å²) in [6.45, 7) is 6.36. The maximum atomic E-state index is 13.5. The lowest BCUT2D eigenvalue weighted by atomic mass is 9.86. The number of phenols is 1. The zero-order valence-corrected chi connectivity index (χ0v) is 17.6. The molecule has 0 radical (unpaired) electrons. The van der Waals surface area contributed by atoms with Crippen LogP contribution in [0.2, 0.25) is 0 Å². The van der Waals surface area contributed by atoms with Crippen LogP contribution in [0.25, 0.3) is 0 Å². The normalized spacial score (nSPS) is 14.3. The molecule has 1 aromatic heterocycles. The van der Waals surface area contributed by atoms with Gasteiger partial charge >= 0.3 is 0 Å². The standard InChI is InChI=1S/C23H26N2O3S/c1-22(2,3)18-11-9-17(10-12-18)15-23(24,19-6-4-7-20(26)14-19)29(27,28)21-8-5-13-25-16-21/h4-14,16,26H,15,24H2,1-3H3. The summed E-state index contributed by atoms with van der Waals surface area (Å²) in [4.78, 5) is 2.21. The van der Waals surface area contributed by atoms with E-state index in [1.54, 1.807) is 18.2 Å². The zero-order valence-electron chi connectivity index (χ0n) is 16.8. The van der Waals surface area contributed by atoms with Crippen molar-refractivity contribution in [2.75, 3.05) is 0 Å². The van der Waals surface area contributed by atoms with E-state index in [9.17, 15) is 13.5 Å². The molecule has 3 N–H and O–H groups in total. The number of sulfone groups is 1. The van der Waals surface area contributed by atoms with Gasteiger partial charge in [0.2, 0.25) is 9.84 Å². The topological polar surface area (TPSA) is 93.3 Å². The summed E-state index contributed by atoms with van der Waals surface area (Å²) in [5, 5.41) is 9.94. The van der Waals surface area contributed by atoms with E-state index in [1.807, 2.05) is 24.3 Å². The van der Waals surface area contributed by atoms with Crippen LogP contribution in [-0.4, -0.2) is 18.5 Å². The zero-order chi connectivity index (χ0) is 21.3. The second kappa shape index (κ2) is 7.61. The summed E-state index contributed by atoms with van der Waals surface area (Å²) in [5.41, 5.74) is 8.88. The van der Waals surface area contributed by atoms with Crippen molar-refractivity contribution < 1.29 is 13.5 Å². The number of hydrogen-bond donors (Lipinski definition) is 2. The minimum absolute atomic E-state index is 0.00859. The number of phenolic OH excluding ortho intramolecular Hbond substituents is 1. The summed E-state index contributed by atoms with van der Waals surface area (Å²) in [5.74, 6) is -0.0400. The second-order valence-electron chi connectivity index (χ2n) is 8.26. The average Bonchev–Trinajstić information content (AvgIpc) is 2.68. The molecule has 0 aliphatic rings.